The number of hydrogen-bond acceptors (Lipinski definition) is 3. The van der Waals surface area contributed by atoms with E-state index in [2.05, 4.69) is 10.2 Å². The summed E-state index contributed by atoms with van der Waals surface area (Å²) in [5.41, 5.74) is -1.20. The lowest BCUT2D eigenvalue weighted by molar-refractivity contribution is -0.210. The predicted octanol–water partition coefficient (Wildman–Crippen LogP) is 2.45. The standard InChI is InChI=1S/C16H23F2N3O2/c17-16(18,15(23)7-2-1-3-8-15)14(22)21-10-5-12(6-11-21)13-4-9-19-20-13/h4,9,12,23H,1-3,5-8,10-11H2,(H,19,20). The van der Waals surface area contributed by atoms with Crippen molar-refractivity contribution in [2.24, 2.45) is 0 Å². The smallest absolute Gasteiger partial charge is 0.352 e. The number of amides is 1. The molecule has 2 N–H and O–H groups in total. The van der Waals surface area contributed by atoms with Crippen LogP contribution in [0.3, 0.4) is 0 Å². The van der Waals surface area contributed by atoms with E-state index in [9.17, 15) is 18.7 Å². The molecule has 0 unspecified atom stereocenters. The normalized spacial score (nSPS) is 23.0. The zero-order chi connectivity index (χ0) is 16.5. The summed E-state index contributed by atoms with van der Waals surface area (Å²) in [5.74, 6) is -4.70. The van der Waals surface area contributed by atoms with Gasteiger partial charge in [0.1, 0.15) is 5.60 Å². The van der Waals surface area contributed by atoms with Gasteiger partial charge in [0, 0.05) is 30.9 Å². The molecule has 0 atom stereocenters. The van der Waals surface area contributed by atoms with E-state index >= 15 is 0 Å². The molecule has 1 aromatic heterocycles. The molecule has 2 heterocycles. The number of aliphatic hydroxyl groups is 1. The minimum absolute atomic E-state index is 0.00362. The number of piperidine rings is 1. The topological polar surface area (TPSA) is 69.2 Å². The number of halogens is 2. The first kappa shape index (κ1) is 16.4. The highest BCUT2D eigenvalue weighted by Gasteiger charge is 2.59. The Bertz CT molecular complexity index is 534. The van der Waals surface area contributed by atoms with Gasteiger partial charge in [0.2, 0.25) is 0 Å². The molecule has 1 aliphatic carbocycles. The summed E-state index contributed by atoms with van der Waals surface area (Å²) in [7, 11) is 0. The Hall–Kier alpha value is -1.50. The number of aromatic nitrogens is 2. The van der Waals surface area contributed by atoms with E-state index < -0.39 is 17.4 Å². The monoisotopic (exact) mass is 327 g/mol. The number of carbonyl (C=O) groups is 1. The zero-order valence-corrected chi connectivity index (χ0v) is 13.1. The molecule has 0 spiro atoms. The number of carbonyl (C=O) groups excluding carboxylic acids is 1. The molecule has 1 amide bonds. The van der Waals surface area contributed by atoms with Gasteiger partial charge < -0.3 is 10.0 Å². The highest BCUT2D eigenvalue weighted by atomic mass is 19.3. The van der Waals surface area contributed by atoms with E-state index in [4.69, 9.17) is 0 Å². The molecule has 1 aliphatic heterocycles. The summed E-state index contributed by atoms with van der Waals surface area (Å²) in [5, 5.41) is 17.1. The van der Waals surface area contributed by atoms with E-state index in [1.807, 2.05) is 6.07 Å². The van der Waals surface area contributed by atoms with Crippen molar-refractivity contribution in [3.05, 3.63) is 18.0 Å². The fourth-order valence-corrected chi connectivity index (χ4v) is 3.74. The fraction of sp³-hybridized carbons (Fsp3) is 0.750. The van der Waals surface area contributed by atoms with E-state index in [1.165, 1.54) is 4.90 Å². The number of likely N-dealkylation sites (tertiary alicyclic amines) is 1. The maximum absolute atomic E-state index is 14.6. The lowest BCUT2D eigenvalue weighted by atomic mass is 9.79. The number of H-pyrrole nitrogens is 1. The van der Waals surface area contributed by atoms with Crippen LogP contribution in [0, 0.1) is 0 Å². The van der Waals surface area contributed by atoms with Crippen LogP contribution in [0.5, 0.6) is 0 Å². The van der Waals surface area contributed by atoms with Crippen LogP contribution >= 0.6 is 0 Å². The summed E-state index contributed by atoms with van der Waals surface area (Å²) in [6.07, 6.45) is 4.84. The third kappa shape index (κ3) is 2.98. The Morgan fingerprint density at radius 1 is 1.30 bits per heavy atom. The molecule has 1 saturated carbocycles. The minimum atomic E-state index is -3.70. The van der Waals surface area contributed by atoms with Crippen LogP contribution in [0.4, 0.5) is 8.78 Å². The van der Waals surface area contributed by atoms with Crippen LogP contribution in [-0.2, 0) is 4.79 Å². The number of rotatable bonds is 3. The van der Waals surface area contributed by atoms with E-state index in [1.54, 1.807) is 6.20 Å². The van der Waals surface area contributed by atoms with Crippen molar-refractivity contribution in [1.82, 2.24) is 15.1 Å². The van der Waals surface area contributed by atoms with Gasteiger partial charge in [-0.15, -0.1) is 0 Å². The molecule has 3 rings (SSSR count). The largest absolute Gasteiger partial charge is 0.383 e. The van der Waals surface area contributed by atoms with Gasteiger partial charge in [-0.1, -0.05) is 19.3 Å². The molecule has 1 saturated heterocycles. The average molecular weight is 327 g/mol. The van der Waals surface area contributed by atoms with Crippen molar-refractivity contribution in [1.29, 1.82) is 0 Å². The number of nitrogens with one attached hydrogen (secondary N) is 1. The summed E-state index contributed by atoms with van der Waals surface area (Å²) in [6.45, 7) is 0.572. The molecule has 5 nitrogen and oxygen atoms in total. The molecule has 7 heteroatoms. The Morgan fingerprint density at radius 2 is 1.96 bits per heavy atom. The molecule has 0 radical (unpaired) electrons. The van der Waals surface area contributed by atoms with Crippen molar-refractivity contribution in [3.63, 3.8) is 0 Å². The Morgan fingerprint density at radius 3 is 2.52 bits per heavy atom. The molecule has 128 valence electrons. The molecule has 23 heavy (non-hydrogen) atoms. The third-order valence-corrected chi connectivity index (χ3v) is 5.28. The van der Waals surface area contributed by atoms with Crippen molar-refractivity contribution >= 4 is 5.91 Å². The van der Waals surface area contributed by atoms with Crippen LogP contribution < -0.4 is 0 Å². The molecule has 0 bridgehead atoms. The van der Waals surface area contributed by atoms with Gasteiger partial charge in [0.05, 0.1) is 0 Å². The Balaban J connectivity index is 1.64. The lowest BCUT2D eigenvalue weighted by Gasteiger charge is -2.41. The van der Waals surface area contributed by atoms with E-state index in [0.29, 0.717) is 25.7 Å². The molecule has 0 aromatic carbocycles. The van der Waals surface area contributed by atoms with Crippen LogP contribution in [0.15, 0.2) is 12.3 Å². The minimum Gasteiger partial charge on any atom is -0.383 e. The van der Waals surface area contributed by atoms with Crippen LogP contribution in [-0.4, -0.2) is 50.7 Å². The predicted molar refractivity (Wildman–Crippen MR) is 80.1 cm³/mol. The summed E-state index contributed by atoms with van der Waals surface area (Å²) in [4.78, 5) is 13.5. The number of nitrogens with zero attached hydrogens (tertiary/aromatic N) is 2. The van der Waals surface area contributed by atoms with Gasteiger partial charge >= 0.3 is 5.92 Å². The Kier molecular flexibility index (Phi) is 4.40. The highest BCUT2D eigenvalue weighted by Crippen LogP contribution is 2.42. The molecule has 2 fully saturated rings. The number of hydrogen-bond donors (Lipinski definition) is 2. The van der Waals surface area contributed by atoms with E-state index in [0.717, 1.165) is 12.1 Å². The first-order chi connectivity index (χ1) is 10.9. The second kappa shape index (κ2) is 6.19. The molecule has 1 aromatic rings. The van der Waals surface area contributed by atoms with Crippen LogP contribution in [0.1, 0.15) is 56.6 Å². The maximum Gasteiger partial charge on any atom is 0.352 e. The third-order valence-electron chi connectivity index (χ3n) is 5.28. The Labute approximate surface area is 134 Å². The second-order valence-corrected chi connectivity index (χ2v) is 6.75. The first-order valence-corrected chi connectivity index (χ1v) is 8.33. The van der Waals surface area contributed by atoms with Crippen LogP contribution in [0.25, 0.3) is 0 Å². The van der Waals surface area contributed by atoms with Crippen molar-refractivity contribution in [2.75, 3.05) is 13.1 Å². The lowest BCUT2D eigenvalue weighted by Crippen LogP contribution is -2.59. The maximum atomic E-state index is 14.6. The highest BCUT2D eigenvalue weighted by molar-refractivity contribution is 5.85. The van der Waals surface area contributed by atoms with Gasteiger partial charge in [-0.25, -0.2) is 0 Å². The van der Waals surface area contributed by atoms with Crippen molar-refractivity contribution < 1.29 is 18.7 Å². The zero-order valence-electron chi connectivity index (χ0n) is 13.1. The summed E-state index contributed by atoms with van der Waals surface area (Å²) in [6, 6.07) is 1.88. The molecular weight excluding hydrogens is 304 g/mol. The van der Waals surface area contributed by atoms with Gasteiger partial charge in [-0.3, -0.25) is 9.89 Å². The quantitative estimate of drug-likeness (QED) is 0.896. The van der Waals surface area contributed by atoms with Crippen molar-refractivity contribution in [3.8, 4) is 0 Å². The fourth-order valence-electron chi connectivity index (χ4n) is 3.74. The number of alkyl halides is 2. The average Bonchev–Trinajstić information content (AvgIpc) is 3.09. The van der Waals surface area contributed by atoms with Crippen LogP contribution in [0.2, 0.25) is 0 Å². The molecule has 2 aliphatic rings. The van der Waals surface area contributed by atoms with Gasteiger partial charge in [0.15, 0.2) is 0 Å². The summed E-state index contributed by atoms with van der Waals surface area (Å²) < 4.78 is 29.2. The number of aromatic amines is 1. The van der Waals surface area contributed by atoms with Gasteiger partial charge in [-0.05, 0) is 31.7 Å². The van der Waals surface area contributed by atoms with Gasteiger partial charge in [0.25, 0.3) is 5.91 Å². The molecular formula is C16H23F2N3O2. The summed E-state index contributed by atoms with van der Waals surface area (Å²) >= 11 is 0. The van der Waals surface area contributed by atoms with E-state index in [-0.39, 0.29) is 31.8 Å². The second-order valence-electron chi connectivity index (χ2n) is 6.75. The van der Waals surface area contributed by atoms with Gasteiger partial charge in [-0.2, -0.15) is 13.9 Å². The SMILES string of the molecule is O=C(N1CCC(c2ccn[nH]2)CC1)C(F)(F)C1(O)CCCCC1. The first-order valence-electron chi connectivity index (χ1n) is 8.33. The van der Waals surface area contributed by atoms with Crippen molar-refractivity contribution in [2.45, 2.75) is 62.4 Å².